The number of likely N-dealkylation sites (tertiary alicyclic amines) is 1. The van der Waals surface area contributed by atoms with E-state index in [1.54, 1.807) is 0 Å². The molecule has 2 aliphatic rings. The van der Waals surface area contributed by atoms with Gasteiger partial charge in [-0.25, -0.2) is 0 Å². The molecule has 2 heterocycles. The molecular formula is C17H25ClN2O. The van der Waals surface area contributed by atoms with E-state index in [4.69, 9.17) is 16.3 Å². The maximum absolute atomic E-state index is 6.36. The number of rotatable bonds is 5. The molecule has 2 fully saturated rings. The fraction of sp³-hybridized carbons (Fsp3) is 0.647. The predicted octanol–water partition coefficient (Wildman–Crippen LogP) is 3.80. The monoisotopic (exact) mass is 308 g/mol. The minimum absolute atomic E-state index is 0.725. The summed E-state index contributed by atoms with van der Waals surface area (Å²) in [4.78, 5) is 4.87. The normalized spacial score (nSPS) is 20.0. The second-order valence-electron chi connectivity index (χ2n) is 6.06. The summed E-state index contributed by atoms with van der Waals surface area (Å²) in [7, 11) is 0. The van der Waals surface area contributed by atoms with Crippen LogP contribution in [0.5, 0.6) is 5.75 Å². The van der Waals surface area contributed by atoms with Crippen LogP contribution in [0.15, 0.2) is 18.2 Å². The van der Waals surface area contributed by atoms with Crippen LogP contribution in [-0.2, 0) is 0 Å². The smallest absolute Gasteiger partial charge is 0.138 e. The zero-order valence-corrected chi connectivity index (χ0v) is 13.4. The van der Waals surface area contributed by atoms with E-state index in [1.807, 2.05) is 12.1 Å². The maximum atomic E-state index is 6.36. The number of halogens is 1. The number of piperidine rings is 1. The molecule has 0 spiro atoms. The molecule has 4 heteroatoms. The third-order valence-corrected chi connectivity index (χ3v) is 4.80. The van der Waals surface area contributed by atoms with E-state index in [0.29, 0.717) is 0 Å². The molecule has 0 amide bonds. The molecule has 0 aromatic heterocycles. The van der Waals surface area contributed by atoms with E-state index < -0.39 is 0 Å². The highest BCUT2D eigenvalue weighted by atomic mass is 35.5. The van der Waals surface area contributed by atoms with E-state index >= 15 is 0 Å². The van der Waals surface area contributed by atoms with Gasteiger partial charge >= 0.3 is 0 Å². The lowest BCUT2D eigenvalue weighted by molar-refractivity contribution is 0.183. The first kappa shape index (κ1) is 15.0. The molecule has 21 heavy (non-hydrogen) atoms. The summed E-state index contributed by atoms with van der Waals surface area (Å²) in [5, 5.41) is 0.734. The van der Waals surface area contributed by atoms with Crippen LogP contribution in [0.4, 0.5) is 5.69 Å². The van der Waals surface area contributed by atoms with Gasteiger partial charge < -0.3 is 9.64 Å². The van der Waals surface area contributed by atoms with Crippen molar-refractivity contribution in [2.75, 3.05) is 44.2 Å². The van der Waals surface area contributed by atoms with Gasteiger partial charge in [-0.2, -0.15) is 0 Å². The molecule has 0 radical (unpaired) electrons. The first-order valence-electron chi connectivity index (χ1n) is 8.22. The van der Waals surface area contributed by atoms with Crippen molar-refractivity contribution >= 4 is 17.3 Å². The standard InChI is InChI=1S/C17H25ClN2O/c18-16-14-15(20-10-4-5-11-20)6-7-17(16)21-13-12-19-8-2-1-3-9-19/h6-7,14H,1-5,8-13H2. The van der Waals surface area contributed by atoms with Crippen LogP contribution in [0.25, 0.3) is 0 Å². The summed E-state index contributed by atoms with van der Waals surface area (Å²) in [6.45, 7) is 6.44. The molecule has 0 aliphatic carbocycles. The molecule has 116 valence electrons. The fourth-order valence-electron chi connectivity index (χ4n) is 3.25. The van der Waals surface area contributed by atoms with Crippen LogP contribution in [0.3, 0.4) is 0 Å². The lowest BCUT2D eigenvalue weighted by Crippen LogP contribution is -2.33. The minimum atomic E-state index is 0.725. The molecule has 0 bridgehead atoms. The molecule has 1 aromatic carbocycles. The van der Waals surface area contributed by atoms with Gasteiger partial charge in [0.2, 0.25) is 0 Å². The van der Waals surface area contributed by atoms with Crippen LogP contribution in [0.1, 0.15) is 32.1 Å². The Labute approximate surface area is 132 Å². The van der Waals surface area contributed by atoms with Crippen LogP contribution >= 0.6 is 11.6 Å². The summed E-state index contributed by atoms with van der Waals surface area (Å²) in [5.74, 6) is 0.816. The quantitative estimate of drug-likeness (QED) is 0.823. The summed E-state index contributed by atoms with van der Waals surface area (Å²) in [5.41, 5.74) is 1.22. The lowest BCUT2D eigenvalue weighted by atomic mass is 10.1. The third kappa shape index (κ3) is 4.04. The van der Waals surface area contributed by atoms with Crippen molar-refractivity contribution in [3.05, 3.63) is 23.2 Å². The highest BCUT2D eigenvalue weighted by Gasteiger charge is 2.14. The van der Waals surface area contributed by atoms with Gasteiger partial charge in [-0.15, -0.1) is 0 Å². The third-order valence-electron chi connectivity index (χ3n) is 4.50. The second kappa shape index (κ2) is 7.37. The molecule has 0 unspecified atom stereocenters. The number of anilines is 1. The van der Waals surface area contributed by atoms with Crippen molar-refractivity contribution in [3.8, 4) is 5.75 Å². The molecule has 0 N–H and O–H groups in total. The Kier molecular flexibility index (Phi) is 5.26. The van der Waals surface area contributed by atoms with Crippen LogP contribution in [-0.4, -0.2) is 44.2 Å². The Balaban J connectivity index is 1.50. The van der Waals surface area contributed by atoms with E-state index in [0.717, 1.165) is 37.0 Å². The topological polar surface area (TPSA) is 15.7 Å². The van der Waals surface area contributed by atoms with Gasteiger partial charge in [0.25, 0.3) is 0 Å². The van der Waals surface area contributed by atoms with Crippen molar-refractivity contribution in [1.82, 2.24) is 4.90 Å². The largest absolute Gasteiger partial charge is 0.491 e. The number of nitrogens with zero attached hydrogens (tertiary/aromatic N) is 2. The van der Waals surface area contributed by atoms with Crippen LogP contribution < -0.4 is 9.64 Å². The Morgan fingerprint density at radius 1 is 0.952 bits per heavy atom. The van der Waals surface area contributed by atoms with Gasteiger partial charge in [0.15, 0.2) is 0 Å². The van der Waals surface area contributed by atoms with Crippen molar-refractivity contribution in [3.63, 3.8) is 0 Å². The SMILES string of the molecule is Clc1cc(N2CCCC2)ccc1OCCN1CCCCC1. The molecule has 0 saturated carbocycles. The van der Waals surface area contributed by atoms with E-state index in [1.165, 1.54) is 50.9 Å². The van der Waals surface area contributed by atoms with Gasteiger partial charge in [-0.05, 0) is 57.0 Å². The number of benzene rings is 1. The van der Waals surface area contributed by atoms with Crippen molar-refractivity contribution in [2.45, 2.75) is 32.1 Å². The number of ether oxygens (including phenoxy) is 1. The molecular weight excluding hydrogens is 284 g/mol. The molecule has 0 atom stereocenters. The van der Waals surface area contributed by atoms with Gasteiger partial charge in [0.1, 0.15) is 12.4 Å². The number of hydrogen-bond donors (Lipinski definition) is 0. The molecule has 2 aliphatic heterocycles. The van der Waals surface area contributed by atoms with E-state index in [2.05, 4.69) is 15.9 Å². The summed E-state index contributed by atoms with van der Waals surface area (Å²) < 4.78 is 5.87. The average Bonchev–Trinajstić information content (AvgIpc) is 3.04. The molecule has 3 rings (SSSR count). The predicted molar refractivity (Wildman–Crippen MR) is 88.7 cm³/mol. The van der Waals surface area contributed by atoms with Crippen LogP contribution in [0, 0.1) is 0 Å². The summed E-state index contributed by atoms with van der Waals surface area (Å²) in [6.07, 6.45) is 6.59. The minimum Gasteiger partial charge on any atom is -0.491 e. The fourth-order valence-corrected chi connectivity index (χ4v) is 3.48. The Morgan fingerprint density at radius 3 is 2.38 bits per heavy atom. The lowest BCUT2D eigenvalue weighted by Gasteiger charge is -2.26. The molecule has 3 nitrogen and oxygen atoms in total. The first-order chi connectivity index (χ1) is 10.3. The van der Waals surface area contributed by atoms with E-state index in [-0.39, 0.29) is 0 Å². The maximum Gasteiger partial charge on any atom is 0.138 e. The highest BCUT2D eigenvalue weighted by Crippen LogP contribution is 2.30. The van der Waals surface area contributed by atoms with Gasteiger partial charge in [0, 0.05) is 25.3 Å². The first-order valence-corrected chi connectivity index (χ1v) is 8.60. The molecule has 2 saturated heterocycles. The van der Waals surface area contributed by atoms with Gasteiger partial charge in [-0.3, -0.25) is 4.90 Å². The van der Waals surface area contributed by atoms with Gasteiger partial charge in [-0.1, -0.05) is 18.0 Å². The van der Waals surface area contributed by atoms with Crippen LogP contribution in [0.2, 0.25) is 5.02 Å². The van der Waals surface area contributed by atoms with Gasteiger partial charge in [0.05, 0.1) is 5.02 Å². The van der Waals surface area contributed by atoms with E-state index in [9.17, 15) is 0 Å². The zero-order valence-electron chi connectivity index (χ0n) is 12.7. The Bertz CT molecular complexity index is 454. The van der Waals surface area contributed by atoms with Crippen molar-refractivity contribution in [2.24, 2.45) is 0 Å². The average molecular weight is 309 g/mol. The second-order valence-corrected chi connectivity index (χ2v) is 6.47. The molecule has 1 aromatic rings. The van der Waals surface area contributed by atoms with Crippen molar-refractivity contribution < 1.29 is 4.74 Å². The zero-order chi connectivity index (χ0) is 14.5. The Morgan fingerprint density at radius 2 is 1.67 bits per heavy atom. The van der Waals surface area contributed by atoms with Crippen molar-refractivity contribution in [1.29, 1.82) is 0 Å². The summed E-state index contributed by atoms with van der Waals surface area (Å²) in [6, 6.07) is 6.20. The Hall–Kier alpha value is -0.930. The summed E-state index contributed by atoms with van der Waals surface area (Å²) >= 11 is 6.36. The highest BCUT2D eigenvalue weighted by molar-refractivity contribution is 6.32. The number of hydrogen-bond acceptors (Lipinski definition) is 3.